The maximum atomic E-state index is 13.1. The van der Waals surface area contributed by atoms with E-state index in [9.17, 15) is 4.79 Å². The van der Waals surface area contributed by atoms with E-state index in [-0.39, 0.29) is 5.91 Å². The Morgan fingerprint density at radius 1 is 1.15 bits per heavy atom. The Bertz CT molecular complexity index is 831. The predicted octanol–water partition coefficient (Wildman–Crippen LogP) is 4.05. The lowest BCUT2D eigenvalue weighted by molar-refractivity contribution is -0.256. The lowest BCUT2D eigenvalue weighted by Gasteiger charge is -2.32. The first kappa shape index (κ1) is 18.3. The van der Waals surface area contributed by atoms with E-state index in [1.807, 2.05) is 37.3 Å². The molecule has 2 heterocycles. The molecule has 5 nitrogen and oxygen atoms in total. The number of carbonyl (C=O) groups is 1. The number of nitrogens with zero attached hydrogens (tertiary/aromatic N) is 1. The van der Waals surface area contributed by atoms with Crippen LogP contribution in [0.15, 0.2) is 42.5 Å². The monoisotopic (exact) mass is 387 g/mol. The molecule has 0 atom stereocenters. The Kier molecular flexibility index (Phi) is 5.08. The Hall–Kier alpha value is -2.08. The van der Waals surface area contributed by atoms with Gasteiger partial charge in [-0.15, -0.1) is 0 Å². The Morgan fingerprint density at radius 3 is 2.63 bits per heavy atom. The van der Waals surface area contributed by atoms with E-state index < -0.39 is 5.79 Å². The molecule has 0 N–H and O–H groups in total. The molecule has 0 radical (unpaired) electrons. The number of hydrogen-bond donors (Lipinski definition) is 0. The van der Waals surface area contributed by atoms with Gasteiger partial charge in [-0.1, -0.05) is 29.3 Å². The fraction of sp³-hybridized carbons (Fsp3) is 0.381. The van der Waals surface area contributed by atoms with Gasteiger partial charge in [0.15, 0.2) is 0 Å². The van der Waals surface area contributed by atoms with Crippen molar-refractivity contribution in [1.29, 1.82) is 0 Å². The summed E-state index contributed by atoms with van der Waals surface area (Å²) in [7, 11) is 0. The quantitative estimate of drug-likeness (QED) is 0.726. The Morgan fingerprint density at radius 2 is 1.89 bits per heavy atom. The van der Waals surface area contributed by atoms with Crippen molar-refractivity contribution in [1.82, 2.24) is 0 Å². The molecule has 1 spiro atoms. The smallest absolute Gasteiger partial charge is 0.292 e. The van der Waals surface area contributed by atoms with Gasteiger partial charge in [0, 0.05) is 17.1 Å². The number of amides is 1. The van der Waals surface area contributed by atoms with Crippen LogP contribution in [-0.2, 0) is 20.1 Å². The third kappa shape index (κ3) is 3.43. The summed E-state index contributed by atoms with van der Waals surface area (Å²) in [5.74, 6) is -0.707. The van der Waals surface area contributed by atoms with Crippen molar-refractivity contribution in [2.24, 2.45) is 0 Å². The van der Waals surface area contributed by atoms with Crippen LogP contribution < -0.4 is 9.64 Å². The van der Waals surface area contributed by atoms with E-state index >= 15 is 0 Å². The van der Waals surface area contributed by atoms with Crippen molar-refractivity contribution in [3.05, 3.63) is 58.6 Å². The fourth-order valence-electron chi connectivity index (χ4n) is 3.49. The van der Waals surface area contributed by atoms with Gasteiger partial charge in [-0.3, -0.25) is 4.79 Å². The van der Waals surface area contributed by atoms with Gasteiger partial charge >= 0.3 is 0 Å². The number of hydrogen-bond acceptors (Lipinski definition) is 4. The number of rotatable bonds is 5. The van der Waals surface area contributed by atoms with E-state index in [0.29, 0.717) is 43.4 Å². The lowest BCUT2D eigenvalue weighted by Crippen LogP contribution is -2.47. The van der Waals surface area contributed by atoms with Crippen LogP contribution in [0.25, 0.3) is 0 Å². The number of benzene rings is 2. The van der Waals surface area contributed by atoms with Gasteiger partial charge < -0.3 is 19.1 Å². The average Bonchev–Trinajstić information content (AvgIpc) is 2.89. The second-order valence-corrected chi connectivity index (χ2v) is 7.24. The van der Waals surface area contributed by atoms with Gasteiger partial charge in [0.25, 0.3) is 11.7 Å². The Balaban J connectivity index is 1.46. The third-order valence-corrected chi connectivity index (χ3v) is 5.08. The molecule has 1 amide bonds. The molecule has 2 aliphatic heterocycles. The van der Waals surface area contributed by atoms with E-state index in [1.165, 1.54) is 5.56 Å². The number of aryl methyl sites for hydroxylation is 1. The van der Waals surface area contributed by atoms with Crippen molar-refractivity contribution >= 4 is 23.2 Å². The van der Waals surface area contributed by atoms with E-state index in [1.54, 1.807) is 17.0 Å². The molecule has 1 fully saturated rings. The third-order valence-electron chi connectivity index (χ3n) is 4.85. The SMILES string of the molecule is Cc1ccc(OCCCN2C(=O)C3(OCCCO3)c3cc(Cl)ccc32)cc1. The van der Waals surface area contributed by atoms with Crippen molar-refractivity contribution < 1.29 is 19.0 Å². The number of halogens is 1. The van der Waals surface area contributed by atoms with Crippen LogP contribution in [0, 0.1) is 6.92 Å². The molecule has 4 rings (SSSR count). The van der Waals surface area contributed by atoms with E-state index in [0.717, 1.165) is 17.9 Å². The second kappa shape index (κ2) is 7.50. The van der Waals surface area contributed by atoms with Crippen LogP contribution in [-0.4, -0.2) is 32.3 Å². The van der Waals surface area contributed by atoms with Crippen LogP contribution in [0.5, 0.6) is 5.75 Å². The maximum absolute atomic E-state index is 13.1. The summed E-state index contributed by atoms with van der Waals surface area (Å²) < 4.78 is 17.4. The van der Waals surface area contributed by atoms with Crippen molar-refractivity contribution in [3.63, 3.8) is 0 Å². The molecule has 27 heavy (non-hydrogen) atoms. The highest BCUT2D eigenvalue weighted by Gasteiger charge is 2.54. The summed E-state index contributed by atoms with van der Waals surface area (Å²) >= 11 is 6.17. The van der Waals surface area contributed by atoms with E-state index in [4.69, 9.17) is 25.8 Å². The zero-order chi connectivity index (χ0) is 18.9. The first-order valence-corrected chi connectivity index (χ1v) is 9.57. The van der Waals surface area contributed by atoms with Crippen molar-refractivity contribution in [2.75, 3.05) is 31.3 Å². The maximum Gasteiger partial charge on any atom is 0.292 e. The molecule has 6 heteroatoms. The molecule has 0 unspecified atom stereocenters. The zero-order valence-corrected chi connectivity index (χ0v) is 16.0. The molecule has 2 aromatic carbocycles. The first-order chi connectivity index (χ1) is 13.1. The van der Waals surface area contributed by atoms with Crippen LogP contribution in [0.2, 0.25) is 5.02 Å². The predicted molar refractivity (Wildman–Crippen MR) is 103 cm³/mol. The van der Waals surface area contributed by atoms with Crippen molar-refractivity contribution in [2.45, 2.75) is 25.6 Å². The van der Waals surface area contributed by atoms with Crippen LogP contribution in [0.3, 0.4) is 0 Å². The standard InChI is InChI=1S/C21H22ClNO4/c1-15-4-7-17(8-5-15)25-11-2-10-23-19-9-6-16(22)14-18(19)21(20(23)24)26-12-3-13-27-21/h4-9,14H,2-3,10-13H2,1H3. The summed E-state index contributed by atoms with van der Waals surface area (Å²) in [5.41, 5.74) is 2.68. The highest BCUT2D eigenvalue weighted by molar-refractivity contribution is 6.31. The minimum absolute atomic E-state index is 0.185. The molecule has 0 aliphatic carbocycles. The van der Waals surface area contributed by atoms with Crippen LogP contribution in [0.1, 0.15) is 24.0 Å². The zero-order valence-electron chi connectivity index (χ0n) is 15.2. The van der Waals surface area contributed by atoms with Gasteiger partial charge in [-0.2, -0.15) is 0 Å². The summed E-state index contributed by atoms with van der Waals surface area (Å²) in [6, 6.07) is 13.3. The minimum atomic E-state index is -1.35. The van der Waals surface area contributed by atoms with Crippen LogP contribution in [0.4, 0.5) is 5.69 Å². The summed E-state index contributed by atoms with van der Waals surface area (Å²) in [4.78, 5) is 14.9. The molecule has 142 valence electrons. The number of ether oxygens (including phenoxy) is 3. The number of fused-ring (bicyclic) bond motifs is 2. The molecule has 2 aliphatic rings. The molecular formula is C21H22ClNO4. The largest absolute Gasteiger partial charge is 0.494 e. The molecule has 0 aromatic heterocycles. The minimum Gasteiger partial charge on any atom is -0.494 e. The van der Waals surface area contributed by atoms with Gasteiger partial charge in [0.2, 0.25) is 0 Å². The normalized spacial score (nSPS) is 18.0. The van der Waals surface area contributed by atoms with Gasteiger partial charge in [-0.05, 0) is 50.1 Å². The molecular weight excluding hydrogens is 366 g/mol. The Labute approximate surface area is 163 Å². The van der Waals surface area contributed by atoms with Gasteiger partial charge in [0.05, 0.1) is 25.5 Å². The first-order valence-electron chi connectivity index (χ1n) is 9.19. The van der Waals surface area contributed by atoms with E-state index in [2.05, 4.69) is 0 Å². The highest BCUT2D eigenvalue weighted by atomic mass is 35.5. The topological polar surface area (TPSA) is 48.0 Å². The van der Waals surface area contributed by atoms with Crippen molar-refractivity contribution in [3.8, 4) is 5.75 Å². The summed E-state index contributed by atoms with van der Waals surface area (Å²) in [6.45, 7) is 4.06. The van der Waals surface area contributed by atoms with Gasteiger partial charge in [-0.25, -0.2) is 0 Å². The summed E-state index contributed by atoms with van der Waals surface area (Å²) in [6.07, 6.45) is 1.47. The number of anilines is 1. The summed E-state index contributed by atoms with van der Waals surface area (Å²) in [5, 5.41) is 0.559. The second-order valence-electron chi connectivity index (χ2n) is 6.80. The average molecular weight is 388 g/mol. The van der Waals surface area contributed by atoms with Crippen LogP contribution >= 0.6 is 11.6 Å². The molecule has 2 aromatic rings. The molecule has 0 saturated carbocycles. The molecule has 0 bridgehead atoms. The molecule has 1 saturated heterocycles. The fourth-order valence-corrected chi connectivity index (χ4v) is 3.66. The highest BCUT2D eigenvalue weighted by Crippen LogP contribution is 2.46. The van der Waals surface area contributed by atoms with Gasteiger partial charge in [0.1, 0.15) is 5.75 Å². The lowest BCUT2D eigenvalue weighted by atomic mass is 10.1. The number of carbonyl (C=O) groups excluding carboxylic acids is 1.